The van der Waals surface area contributed by atoms with Crippen molar-refractivity contribution >= 4 is 28.6 Å². The third kappa shape index (κ3) is 5.82. The van der Waals surface area contributed by atoms with Crippen LogP contribution in [0.4, 0.5) is 0 Å². The molecule has 0 amide bonds. The van der Waals surface area contributed by atoms with Crippen molar-refractivity contribution in [3.8, 4) is 0 Å². The number of hydrogen-bond donors (Lipinski definition) is 0. The normalized spacial score (nSPS) is 10.7. The zero-order valence-electron chi connectivity index (χ0n) is 5.43. The van der Waals surface area contributed by atoms with Gasteiger partial charge in [0.05, 0.1) is 6.10 Å². The van der Waals surface area contributed by atoms with Crippen LogP contribution < -0.4 is 0 Å². The zero-order chi connectivity index (χ0) is 7.28. The van der Waals surface area contributed by atoms with Crippen LogP contribution in [0.3, 0.4) is 0 Å². The SMILES string of the molecule is CC(C)OC(=O)C=CI. The molecule has 0 rings (SSSR count). The fraction of sp³-hybridized carbons (Fsp3) is 0.500. The van der Waals surface area contributed by atoms with Gasteiger partial charge in [-0.15, -0.1) is 0 Å². The highest BCUT2D eigenvalue weighted by molar-refractivity contribution is 14.1. The van der Waals surface area contributed by atoms with E-state index in [0.717, 1.165) is 0 Å². The molecule has 0 radical (unpaired) electrons. The molecule has 9 heavy (non-hydrogen) atoms. The van der Waals surface area contributed by atoms with Gasteiger partial charge >= 0.3 is 5.97 Å². The number of ether oxygens (including phenoxy) is 1. The number of carbonyl (C=O) groups excluding carboxylic acids is 1. The van der Waals surface area contributed by atoms with Gasteiger partial charge in [0.1, 0.15) is 0 Å². The molecular formula is C6H9IO2. The van der Waals surface area contributed by atoms with E-state index in [1.807, 2.05) is 36.4 Å². The van der Waals surface area contributed by atoms with Crippen LogP contribution in [0.25, 0.3) is 0 Å². The fourth-order valence-corrected chi connectivity index (χ4v) is 0.617. The number of rotatable bonds is 2. The lowest BCUT2D eigenvalue weighted by Crippen LogP contribution is -2.07. The molecule has 0 saturated carbocycles. The van der Waals surface area contributed by atoms with E-state index in [0.29, 0.717) is 0 Å². The Morgan fingerprint density at radius 3 is 2.56 bits per heavy atom. The third-order valence-electron chi connectivity index (χ3n) is 0.551. The molecule has 0 N–H and O–H groups in total. The molecule has 0 atom stereocenters. The fourth-order valence-electron chi connectivity index (χ4n) is 0.323. The molecule has 0 aromatic carbocycles. The topological polar surface area (TPSA) is 26.3 Å². The second-order valence-corrected chi connectivity index (χ2v) is 2.50. The van der Waals surface area contributed by atoms with Gasteiger partial charge in [-0.25, -0.2) is 4.79 Å². The average Bonchev–Trinajstić information content (AvgIpc) is 1.63. The minimum atomic E-state index is -0.278. The summed E-state index contributed by atoms with van der Waals surface area (Å²) in [5, 5.41) is 0. The van der Waals surface area contributed by atoms with Crippen molar-refractivity contribution in [2.75, 3.05) is 0 Å². The van der Waals surface area contributed by atoms with Crippen LogP contribution >= 0.6 is 22.6 Å². The van der Waals surface area contributed by atoms with Gasteiger partial charge in [-0.2, -0.15) is 0 Å². The van der Waals surface area contributed by atoms with Crippen molar-refractivity contribution in [2.24, 2.45) is 0 Å². The molecular weight excluding hydrogens is 231 g/mol. The molecule has 52 valence electrons. The minimum Gasteiger partial charge on any atom is -0.460 e. The Kier molecular flexibility index (Phi) is 4.75. The smallest absolute Gasteiger partial charge is 0.331 e. The maximum atomic E-state index is 10.5. The monoisotopic (exact) mass is 240 g/mol. The second-order valence-electron chi connectivity index (χ2n) is 1.78. The van der Waals surface area contributed by atoms with Crippen molar-refractivity contribution < 1.29 is 9.53 Å². The first-order valence-electron chi connectivity index (χ1n) is 2.64. The van der Waals surface area contributed by atoms with Crippen LogP contribution in [0.15, 0.2) is 10.2 Å². The first kappa shape index (κ1) is 8.94. The quantitative estimate of drug-likeness (QED) is 0.418. The van der Waals surface area contributed by atoms with Gasteiger partial charge in [-0.3, -0.25) is 0 Å². The van der Waals surface area contributed by atoms with E-state index in [1.165, 1.54) is 6.08 Å². The van der Waals surface area contributed by atoms with Gasteiger partial charge in [0, 0.05) is 6.08 Å². The number of hydrogen-bond acceptors (Lipinski definition) is 2. The van der Waals surface area contributed by atoms with Crippen molar-refractivity contribution in [1.82, 2.24) is 0 Å². The number of carbonyl (C=O) groups is 1. The molecule has 0 unspecified atom stereocenters. The summed E-state index contributed by atoms with van der Waals surface area (Å²) in [5.41, 5.74) is 0. The summed E-state index contributed by atoms with van der Waals surface area (Å²) in [5.74, 6) is -0.278. The van der Waals surface area contributed by atoms with Crippen LogP contribution in [-0.4, -0.2) is 12.1 Å². The van der Waals surface area contributed by atoms with Crippen LogP contribution in [0, 0.1) is 0 Å². The maximum Gasteiger partial charge on any atom is 0.331 e. The van der Waals surface area contributed by atoms with Crippen LogP contribution in [0.1, 0.15) is 13.8 Å². The summed E-state index contributed by atoms with van der Waals surface area (Å²) >= 11 is 1.97. The molecule has 0 aliphatic carbocycles. The summed E-state index contributed by atoms with van der Waals surface area (Å²) in [6.45, 7) is 3.64. The molecule has 0 aliphatic heterocycles. The van der Waals surface area contributed by atoms with Crippen molar-refractivity contribution in [1.29, 1.82) is 0 Å². The molecule has 0 fully saturated rings. The molecule has 0 aromatic rings. The molecule has 0 aromatic heterocycles. The van der Waals surface area contributed by atoms with Gasteiger partial charge < -0.3 is 4.74 Å². The predicted octanol–water partition coefficient (Wildman–Crippen LogP) is 1.89. The summed E-state index contributed by atoms with van der Waals surface area (Å²) in [7, 11) is 0. The Bertz CT molecular complexity index is 118. The summed E-state index contributed by atoms with van der Waals surface area (Å²) in [6, 6.07) is 0. The van der Waals surface area contributed by atoms with Gasteiger partial charge in [0.15, 0.2) is 0 Å². The summed E-state index contributed by atoms with van der Waals surface area (Å²) in [6.07, 6.45) is 1.37. The predicted molar refractivity (Wildman–Crippen MR) is 44.4 cm³/mol. The molecule has 2 nitrogen and oxygen atoms in total. The van der Waals surface area contributed by atoms with Gasteiger partial charge in [-0.05, 0) is 17.9 Å². The van der Waals surface area contributed by atoms with E-state index in [1.54, 1.807) is 4.08 Å². The Morgan fingerprint density at radius 2 is 2.22 bits per heavy atom. The van der Waals surface area contributed by atoms with E-state index in [4.69, 9.17) is 4.74 Å². The Morgan fingerprint density at radius 1 is 1.67 bits per heavy atom. The van der Waals surface area contributed by atoms with E-state index < -0.39 is 0 Å². The molecule has 0 spiro atoms. The highest BCUT2D eigenvalue weighted by atomic mass is 127. The Hall–Kier alpha value is -0.0600. The maximum absolute atomic E-state index is 10.5. The van der Waals surface area contributed by atoms with Crippen molar-refractivity contribution in [3.05, 3.63) is 10.2 Å². The number of halogens is 1. The van der Waals surface area contributed by atoms with Crippen LogP contribution in [0.2, 0.25) is 0 Å². The largest absolute Gasteiger partial charge is 0.460 e. The standard InChI is InChI=1S/C6H9IO2/c1-5(2)9-6(8)3-4-7/h3-5H,1-2H3. The van der Waals surface area contributed by atoms with Gasteiger partial charge in [0.25, 0.3) is 0 Å². The average molecular weight is 240 g/mol. The first-order valence-corrected chi connectivity index (χ1v) is 3.88. The molecule has 3 heteroatoms. The lowest BCUT2D eigenvalue weighted by Gasteiger charge is -2.02. The lowest BCUT2D eigenvalue weighted by molar-refractivity contribution is -0.141. The highest BCUT2D eigenvalue weighted by Crippen LogP contribution is 1.91. The first-order chi connectivity index (χ1) is 4.16. The van der Waals surface area contributed by atoms with Gasteiger partial charge in [-0.1, -0.05) is 22.6 Å². The van der Waals surface area contributed by atoms with E-state index in [-0.39, 0.29) is 12.1 Å². The molecule has 0 aliphatic rings. The third-order valence-corrected chi connectivity index (χ3v) is 0.911. The molecule has 0 heterocycles. The second kappa shape index (κ2) is 4.78. The zero-order valence-corrected chi connectivity index (χ0v) is 7.58. The lowest BCUT2D eigenvalue weighted by atomic mass is 10.5. The Labute approximate surface area is 68.4 Å². The van der Waals surface area contributed by atoms with Crippen LogP contribution in [-0.2, 0) is 9.53 Å². The van der Waals surface area contributed by atoms with E-state index in [2.05, 4.69) is 0 Å². The Balaban J connectivity index is 3.51. The molecule has 0 bridgehead atoms. The summed E-state index contributed by atoms with van der Waals surface area (Å²) < 4.78 is 6.39. The molecule has 0 saturated heterocycles. The van der Waals surface area contributed by atoms with Crippen molar-refractivity contribution in [2.45, 2.75) is 20.0 Å². The van der Waals surface area contributed by atoms with E-state index in [9.17, 15) is 4.79 Å². The van der Waals surface area contributed by atoms with Gasteiger partial charge in [0.2, 0.25) is 0 Å². The van der Waals surface area contributed by atoms with E-state index >= 15 is 0 Å². The summed E-state index contributed by atoms with van der Waals surface area (Å²) in [4.78, 5) is 10.5. The number of esters is 1. The van der Waals surface area contributed by atoms with Crippen molar-refractivity contribution in [3.63, 3.8) is 0 Å². The minimum absolute atomic E-state index is 0.0231. The highest BCUT2D eigenvalue weighted by Gasteiger charge is 1.97. The van der Waals surface area contributed by atoms with Crippen LogP contribution in [0.5, 0.6) is 0 Å².